The van der Waals surface area contributed by atoms with Gasteiger partial charge in [-0.3, -0.25) is 4.79 Å². The van der Waals surface area contributed by atoms with E-state index in [2.05, 4.69) is 13.8 Å². The lowest BCUT2D eigenvalue weighted by molar-refractivity contribution is -0.292. The molecule has 0 spiro atoms. The maximum Gasteiger partial charge on any atom is 0.308 e. The Kier molecular flexibility index (Phi) is 9.43. The molecule has 9 heteroatoms. The van der Waals surface area contributed by atoms with Gasteiger partial charge in [0.1, 0.15) is 17.8 Å². The molecule has 0 aromatic heterocycles. The van der Waals surface area contributed by atoms with Gasteiger partial charge in [0.05, 0.1) is 42.0 Å². The molecule has 3 rings (SSSR count). The highest BCUT2D eigenvalue weighted by atomic mass is 16.7. The fourth-order valence-corrected chi connectivity index (χ4v) is 6.92. The highest BCUT2D eigenvalue weighted by Gasteiger charge is 2.53. The molecular weight excluding hydrogens is 480 g/mol. The van der Waals surface area contributed by atoms with Crippen LogP contribution < -0.4 is 0 Å². The number of hydrogen-bond donors (Lipinski definition) is 3. The molecule has 37 heavy (non-hydrogen) atoms. The summed E-state index contributed by atoms with van der Waals surface area (Å²) in [6.07, 6.45) is -2.76. The molecule has 0 aliphatic carbocycles. The molecule has 13 atom stereocenters. The van der Waals surface area contributed by atoms with Gasteiger partial charge >= 0.3 is 5.97 Å². The number of carbonyl (C=O) groups excluding carboxylic acids is 1. The summed E-state index contributed by atoms with van der Waals surface area (Å²) >= 11 is 0. The zero-order valence-corrected chi connectivity index (χ0v) is 24.1. The summed E-state index contributed by atoms with van der Waals surface area (Å²) in [7, 11) is 1.55. The van der Waals surface area contributed by atoms with Crippen LogP contribution in [0.25, 0.3) is 0 Å². The zero-order chi connectivity index (χ0) is 27.9. The quantitative estimate of drug-likeness (QED) is 0.445. The van der Waals surface area contributed by atoms with Crippen LogP contribution in [0.15, 0.2) is 0 Å². The number of aliphatic hydroxyl groups excluding tert-OH is 2. The molecule has 3 fully saturated rings. The molecule has 3 N–H and O–H groups in total. The maximum absolute atomic E-state index is 13.4. The summed E-state index contributed by atoms with van der Waals surface area (Å²) in [5.41, 5.74) is -2.94. The second-order valence-corrected chi connectivity index (χ2v) is 12.6. The predicted octanol–water partition coefficient (Wildman–Crippen LogP) is 2.96. The van der Waals surface area contributed by atoms with Gasteiger partial charge in [-0.25, -0.2) is 0 Å². The van der Waals surface area contributed by atoms with Crippen LogP contribution in [0.2, 0.25) is 0 Å². The average Bonchev–Trinajstić information content (AvgIpc) is 3.11. The number of rotatable bonds is 6. The van der Waals surface area contributed by atoms with Crippen molar-refractivity contribution >= 4 is 5.97 Å². The van der Waals surface area contributed by atoms with E-state index in [1.165, 1.54) is 6.92 Å². The highest BCUT2D eigenvalue weighted by molar-refractivity contribution is 5.70. The number of aliphatic hydroxyl groups is 3. The van der Waals surface area contributed by atoms with E-state index in [1.54, 1.807) is 21.0 Å². The van der Waals surface area contributed by atoms with Crippen molar-refractivity contribution in [3.8, 4) is 0 Å². The van der Waals surface area contributed by atoms with Gasteiger partial charge in [0.15, 0.2) is 6.29 Å². The minimum atomic E-state index is -1.65. The van der Waals surface area contributed by atoms with Gasteiger partial charge in [0.2, 0.25) is 0 Å². The lowest BCUT2D eigenvalue weighted by Crippen LogP contribution is -2.57. The topological polar surface area (TPSA) is 124 Å². The first-order valence-electron chi connectivity index (χ1n) is 13.9. The summed E-state index contributed by atoms with van der Waals surface area (Å²) < 4.78 is 30.6. The van der Waals surface area contributed by atoms with Crippen molar-refractivity contribution in [3.05, 3.63) is 0 Å². The first-order chi connectivity index (χ1) is 17.1. The number of ether oxygens (including phenoxy) is 5. The zero-order valence-electron chi connectivity index (χ0n) is 24.1. The Bertz CT molecular complexity index is 790. The van der Waals surface area contributed by atoms with Gasteiger partial charge in [0, 0.05) is 19.4 Å². The van der Waals surface area contributed by atoms with Crippen LogP contribution in [0.4, 0.5) is 0 Å². The highest BCUT2D eigenvalue weighted by Crippen LogP contribution is 2.46. The molecule has 3 heterocycles. The molecule has 3 aliphatic heterocycles. The smallest absolute Gasteiger partial charge is 0.308 e. The predicted molar refractivity (Wildman–Crippen MR) is 137 cm³/mol. The lowest BCUT2D eigenvalue weighted by Gasteiger charge is -2.45. The molecule has 2 bridgehead atoms. The summed E-state index contributed by atoms with van der Waals surface area (Å²) in [5.74, 6) is -0.743. The minimum Gasteiger partial charge on any atom is -0.459 e. The van der Waals surface area contributed by atoms with Crippen molar-refractivity contribution in [1.82, 2.24) is 0 Å². The Hall–Kier alpha value is -0.810. The largest absolute Gasteiger partial charge is 0.459 e. The molecule has 0 amide bonds. The second kappa shape index (κ2) is 11.4. The van der Waals surface area contributed by atoms with E-state index in [-0.39, 0.29) is 30.3 Å². The Morgan fingerprint density at radius 1 is 1.14 bits per heavy atom. The standard InChI is InChI=1S/C28H50O9/c1-10-20(29)28(8,32)25-17(4)23-16(3)13-26(6,37-23)12-15(2)19(11-21(30)36-25)35-22-14-27(7,33-9)24(31)18(5)34-22/h15-20,22-25,29,31-32H,10-14H2,1-9H3/t15-,16?,17+,18?,19-,20-,22+,23?,24+,25-,26+,27?,28-/m1/s1. The SMILES string of the molecule is CC[C@@H](O)[C@@](C)(O)[C@@H]1OC(=O)C[C@@H](O[C@H]2CC(C)(OC)[C@@H](O)C(C)O2)[C@H](C)C[C@@]2(C)CC(C)C(O2)[C@@H]1C. The third kappa shape index (κ3) is 6.34. The molecule has 0 aromatic rings. The Balaban J connectivity index is 1.91. The molecule has 0 saturated carbocycles. The van der Waals surface area contributed by atoms with Crippen LogP contribution in [0, 0.1) is 17.8 Å². The molecule has 0 radical (unpaired) electrons. The van der Waals surface area contributed by atoms with Gasteiger partial charge in [-0.15, -0.1) is 0 Å². The van der Waals surface area contributed by atoms with Gasteiger partial charge in [-0.05, 0) is 58.8 Å². The van der Waals surface area contributed by atoms with Crippen LogP contribution in [0.1, 0.15) is 87.5 Å². The Labute approximate surface area is 222 Å². The number of fused-ring (bicyclic) bond motifs is 2. The van der Waals surface area contributed by atoms with E-state index in [1.807, 2.05) is 20.8 Å². The summed E-state index contributed by atoms with van der Waals surface area (Å²) in [4.78, 5) is 13.4. The van der Waals surface area contributed by atoms with E-state index in [9.17, 15) is 20.1 Å². The number of carbonyl (C=O) groups is 1. The molecule has 3 saturated heterocycles. The van der Waals surface area contributed by atoms with Crippen LogP contribution >= 0.6 is 0 Å². The fraction of sp³-hybridized carbons (Fsp3) is 0.964. The number of cyclic esters (lactones) is 1. The molecule has 9 nitrogen and oxygen atoms in total. The van der Waals surface area contributed by atoms with E-state index >= 15 is 0 Å². The second-order valence-electron chi connectivity index (χ2n) is 12.6. The van der Waals surface area contributed by atoms with Gasteiger partial charge < -0.3 is 39.0 Å². The molecular formula is C28H50O9. The Morgan fingerprint density at radius 2 is 1.76 bits per heavy atom. The summed E-state index contributed by atoms with van der Waals surface area (Å²) in [5, 5.41) is 32.6. The van der Waals surface area contributed by atoms with E-state index in [0.29, 0.717) is 19.3 Å². The average molecular weight is 531 g/mol. The van der Waals surface area contributed by atoms with Gasteiger partial charge in [-0.2, -0.15) is 0 Å². The third-order valence-electron chi connectivity index (χ3n) is 9.18. The van der Waals surface area contributed by atoms with Crippen molar-refractivity contribution in [2.24, 2.45) is 17.8 Å². The van der Waals surface area contributed by atoms with E-state index < -0.39 is 59.6 Å². The normalized spacial score (nSPS) is 48.0. The molecule has 0 aromatic carbocycles. The third-order valence-corrected chi connectivity index (χ3v) is 9.18. The van der Waals surface area contributed by atoms with E-state index in [0.717, 1.165) is 6.42 Å². The summed E-state index contributed by atoms with van der Waals surface area (Å²) in [6.45, 7) is 15.1. The summed E-state index contributed by atoms with van der Waals surface area (Å²) in [6, 6.07) is 0. The van der Waals surface area contributed by atoms with Crippen molar-refractivity contribution in [2.75, 3.05) is 7.11 Å². The Morgan fingerprint density at radius 3 is 2.35 bits per heavy atom. The monoisotopic (exact) mass is 530 g/mol. The minimum absolute atomic E-state index is 0.0422. The van der Waals surface area contributed by atoms with Crippen molar-refractivity contribution in [3.63, 3.8) is 0 Å². The number of methoxy groups -OCH3 is 1. The van der Waals surface area contributed by atoms with Crippen molar-refractivity contribution < 1.29 is 43.8 Å². The van der Waals surface area contributed by atoms with Gasteiger partial charge in [0.25, 0.3) is 0 Å². The maximum atomic E-state index is 13.4. The molecule has 4 unspecified atom stereocenters. The van der Waals surface area contributed by atoms with Crippen LogP contribution in [0.3, 0.4) is 0 Å². The lowest BCUT2D eigenvalue weighted by atomic mass is 9.77. The molecule has 3 aliphatic rings. The number of esters is 1. The van der Waals surface area contributed by atoms with Crippen LogP contribution in [-0.4, -0.2) is 88.1 Å². The molecule has 216 valence electrons. The van der Waals surface area contributed by atoms with Crippen LogP contribution in [0.5, 0.6) is 0 Å². The number of hydrogen-bond acceptors (Lipinski definition) is 9. The van der Waals surface area contributed by atoms with E-state index in [4.69, 9.17) is 23.7 Å². The van der Waals surface area contributed by atoms with Gasteiger partial charge in [-0.1, -0.05) is 27.7 Å². The first-order valence-corrected chi connectivity index (χ1v) is 13.9. The van der Waals surface area contributed by atoms with Crippen LogP contribution in [-0.2, 0) is 28.5 Å². The van der Waals surface area contributed by atoms with Crippen molar-refractivity contribution in [1.29, 1.82) is 0 Å². The van der Waals surface area contributed by atoms with Crippen molar-refractivity contribution in [2.45, 2.75) is 147 Å². The first kappa shape index (κ1) is 30.7. The fourth-order valence-electron chi connectivity index (χ4n) is 6.92.